The normalized spacial score (nSPS) is 22.2. The molecule has 1 unspecified atom stereocenters. The van der Waals surface area contributed by atoms with E-state index in [1.165, 1.54) is 6.07 Å². The van der Waals surface area contributed by atoms with Crippen molar-refractivity contribution in [3.05, 3.63) is 29.0 Å². The van der Waals surface area contributed by atoms with Crippen molar-refractivity contribution in [2.45, 2.75) is 25.3 Å². The van der Waals surface area contributed by atoms with Crippen LogP contribution in [0.2, 0.25) is 5.02 Å². The van der Waals surface area contributed by atoms with Crippen LogP contribution in [0.5, 0.6) is 0 Å². The molecule has 1 aromatic carbocycles. The maximum Gasteiger partial charge on any atom is 0.147 e. The molecular formula is C13H18ClFN2. The highest BCUT2D eigenvalue weighted by molar-refractivity contribution is 6.30. The molecule has 0 amide bonds. The van der Waals surface area contributed by atoms with E-state index >= 15 is 0 Å². The summed E-state index contributed by atoms with van der Waals surface area (Å²) in [6, 6.07) is 5.14. The minimum absolute atomic E-state index is 0.268. The highest BCUT2D eigenvalue weighted by Gasteiger charge is 2.15. The second-order valence-corrected chi connectivity index (χ2v) is 5.14. The van der Waals surface area contributed by atoms with Crippen molar-refractivity contribution in [1.82, 2.24) is 4.90 Å². The van der Waals surface area contributed by atoms with Gasteiger partial charge in [-0.3, -0.25) is 0 Å². The lowest BCUT2D eigenvalue weighted by Gasteiger charge is -2.18. The molecule has 0 aliphatic carbocycles. The minimum atomic E-state index is -0.268. The van der Waals surface area contributed by atoms with Crippen molar-refractivity contribution < 1.29 is 4.39 Å². The van der Waals surface area contributed by atoms with Crippen LogP contribution in [0.4, 0.5) is 10.1 Å². The lowest BCUT2D eigenvalue weighted by Crippen LogP contribution is -2.23. The van der Waals surface area contributed by atoms with E-state index < -0.39 is 0 Å². The Morgan fingerprint density at radius 1 is 1.35 bits per heavy atom. The standard InChI is InChI=1S/C13H18ClFN2/c1-17-7-2-3-11(6-8-17)16-13-5-4-10(14)9-12(13)15/h4-5,9,11,16H,2-3,6-8H2,1H3. The van der Waals surface area contributed by atoms with E-state index in [1.54, 1.807) is 12.1 Å². The van der Waals surface area contributed by atoms with Crippen molar-refractivity contribution in [1.29, 1.82) is 0 Å². The van der Waals surface area contributed by atoms with Crippen molar-refractivity contribution in [2.75, 3.05) is 25.5 Å². The molecule has 17 heavy (non-hydrogen) atoms. The van der Waals surface area contributed by atoms with Gasteiger partial charge in [0.15, 0.2) is 0 Å². The van der Waals surface area contributed by atoms with Gasteiger partial charge in [-0.05, 0) is 57.6 Å². The van der Waals surface area contributed by atoms with E-state index in [1.807, 2.05) is 0 Å². The van der Waals surface area contributed by atoms with Gasteiger partial charge in [0.1, 0.15) is 5.82 Å². The Labute approximate surface area is 107 Å². The summed E-state index contributed by atoms with van der Waals surface area (Å²) in [5.41, 5.74) is 0.559. The van der Waals surface area contributed by atoms with E-state index in [-0.39, 0.29) is 5.82 Å². The van der Waals surface area contributed by atoms with Gasteiger partial charge in [0, 0.05) is 11.1 Å². The summed E-state index contributed by atoms with van der Waals surface area (Å²) in [4.78, 5) is 2.32. The Kier molecular flexibility index (Phi) is 4.24. The molecule has 0 aromatic heterocycles. The van der Waals surface area contributed by atoms with Crippen molar-refractivity contribution in [3.8, 4) is 0 Å². The number of hydrogen-bond acceptors (Lipinski definition) is 2. The summed E-state index contributed by atoms with van der Waals surface area (Å²) in [5, 5.41) is 3.72. The number of benzene rings is 1. The van der Waals surface area contributed by atoms with Gasteiger partial charge in [-0.2, -0.15) is 0 Å². The molecule has 4 heteroatoms. The van der Waals surface area contributed by atoms with Crippen molar-refractivity contribution >= 4 is 17.3 Å². The second kappa shape index (κ2) is 5.69. The maximum atomic E-state index is 13.6. The van der Waals surface area contributed by atoms with E-state index in [2.05, 4.69) is 17.3 Å². The van der Waals surface area contributed by atoms with Gasteiger partial charge in [-0.25, -0.2) is 4.39 Å². The van der Waals surface area contributed by atoms with Crippen molar-refractivity contribution in [2.24, 2.45) is 0 Å². The summed E-state index contributed by atoms with van der Waals surface area (Å²) in [7, 11) is 2.13. The lowest BCUT2D eigenvalue weighted by molar-refractivity contribution is 0.348. The quantitative estimate of drug-likeness (QED) is 0.873. The number of likely N-dealkylation sites (tertiary alicyclic amines) is 1. The fourth-order valence-corrected chi connectivity index (χ4v) is 2.37. The molecule has 0 bridgehead atoms. The smallest absolute Gasteiger partial charge is 0.147 e. The maximum absolute atomic E-state index is 13.6. The molecule has 2 nitrogen and oxygen atoms in total. The molecule has 1 fully saturated rings. The lowest BCUT2D eigenvalue weighted by atomic mass is 10.1. The van der Waals surface area contributed by atoms with E-state index in [9.17, 15) is 4.39 Å². The summed E-state index contributed by atoms with van der Waals surface area (Å²) in [5.74, 6) is -0.268. The third-order valence-electron chi connectivity index (χ3n) is 3.24. The highest BCUT2D eigenvalue weighted by Crippen LogP contribution is 2.22. The summed E-state index contributed by atoms with van der Waals surface area (Å²) >= 11 is 5.73. The SMILES string of the molecule is CN1CCCC(Nc2ccc(Cl)cc2F)CC1. The molecular weight excluding hydrogens is 239 g/mol. The summed E-state index contributed by atoms with van der Waals surface area (Å²) in [6.07, 6.45) is 3.30. The average molecular weight is 257 g/mol. The van der Waals surface area contributed by atoms with Crippen LogP contribution >= 0.6 is 11.6 Å². The van der Waals surface area contributed by atoms with Gasteiger partial charge < -0.3 is 10.2 Å². The highest BCUT2D eigenvalue weighted by atomic mass is 35.5. The number of rotatable bonds is 2. The van der Waals surface area contributed by atoms with Crippen LogP contribution in [-0.2, 0) is 0 Å². The fourth-order valence-electron chi connectivity index (χ4n) is 2.21. The Morgan fingerprint density at radius 2 is 2.18 bits per heavy atom. The van der Waals surface area contributed by atoms with Gasteiger partial charge >= 0.3 is 0 Å². The zero-order chi connectivity index (χ0) is 12.3. The van der Waals surface area contributed by atoms with Crippen LogP contribution in [0.15, 0.2) is 18.2 Å². The monoisotopic (exact) mass is 256 g/mol. The first-order valence-corrected chi connectivity index (χ1v) is 6.43. The molecule has 94 valence electrons. The number of nitrogens with zero attached hydrogens (tertiary/aromatic N) is 1. The van der Waals surface area contributed by atoms with Gasteiger partial charge in [0.05, 0.1) is 5.69 Å². The summed E-state index contributed by atoms with van der Waals surface area (Å²) < 4.78 is 13.6. The predicted octanol–water partition coefficient (Wildman–Crippen LogP) is 3.38. The van der Waals surface area contributed by atoms with Gasteiger partial charge in [0.25, 0.3) is 0 Å². The van der Waals surface area contributed by atoms with Crippen LogP contribution in [0.3, 0.4) is 0 Å². The molecule has 1 aromatic rings. The van der Waals surface area contributed by atoms with Gasteiger partial charge in [-0.1, -0.05) is 11.6 Å². The average Bonchev–Trinajstić information content (AvgIpc) is 2.48. The van der Waals surface area contributed by atoms with E-state index in [0.29, 0.717) is 16.8 Å². The summed E-state index contributed by atoms with van der Waals surface area (Å²) in [6.45, 7) is 2.19. The molecule has 0 spiro atoms. The molecule has 2 rings (SSSR count). The van der Waals surface area contributed by atoms with Gasteiger partial charge in [0.2, 0.25) is 0 Å². The molecule has 1 heterocycles. The zero-order valence-corrected chi connectivity index (χ0v) is 10.8. The third kappa shape index (κ3) is 3.58. The number of anilines is 1. The van der Waals surface area contributed by atoms with E-state index in [4.69, 9.17) is 11.6 Å². The van der Waals surface area contributed by atoms with Gasteiger partial charge in [-0.15, -0.1) is 0 Å². The second-order valence-electron chi connectivity index (χ2n) is 4.70. The van der Waals surface area contributed by atoms with Crippen molar-refractivity contribution in [3.63, 3.8) is 0 Å². The minimum Gasteiger partial charge on any atom is -0.380 e. The molecule has 1 atom stereocenters. The number of nitrogens with one attached hydrogen (secondary N) is 1. The van der Waals surface area contributed by atoms with E-state index in [0.717, 1.165) is 32.4 Å². The molecule has 1 saturated heterocycles. The fraction of sp³-hybridized carbons (Fsp3) is 0.538. The van der Waals surface area contributed by atoms with Crippen LogP contribution < -0.4 is 5.32 Å². The Hall–Kier alpha value is -0.800. The Bertz CT molecular complexity index is 384. The molecule has 0 radical (unpaired) electrons. The Morgan fingerprint density at radius 3 is 2.94 bits per heavy atom. The van der Waals surface area contributed by atoms with Crippen LogP contribution in [0.1, 0.15) is 19.3 Å². The first kappa shape index (κ1) is 12.7. The predicted molar refractivity (Wildman–Crippen MR) is 70.2 cm³/mol. The number of hydrogen-bond donors (Lipinski definition) is 1. The Balaban J connectivity index is 2.00. The topological polar surface area (TPSA) is 15.3 Å². The number of halogens is 2. The third-order valence-corrected chi connectivity index (χ3v) is 3.48. The van der Waals surface area contributed by atoms with Crippen LogP contribution in [-0.4, -0.2) is 31.1 Å². The molecule has 1 aliphatic rings. The van der Waals surface area contributed by atoms with Crippen LogP contribution in [0, 0.1) is 5.82 Å². The molecule has 1 N–H and O–H groups in total. The first-order chi connectivity index (χ1) is 8.15. The molecule has 0 saturated carbocycles. The van der Waals surface area contributed by atoms with Crippen LogP contribution in [0.25, 0.3) is 0 Å². The molecule has 1 aliphatic heterocycles. The largest absolute Gasteiger partial charge is 0.380 e. The first-order valence-electron chi connectivity index (χ1n) is 6.05. The zero-order valence-electron chi connectivity index (χ0n) is 10.0.